The van der Waals surface area contributed by atoms with E-state index in [0.29, 0.717) is 35.4 Å². The van der Waals surface area contributed by atoms with Crippen LogP contribution in [-0.4, -0.2) is 18.2 Å². The van der Waals surface area contributed by atoms with Crippen LogP contribution in [0.25, 0.3) is 0 Å². The van der Waals surface area contributed by atoms with Crippen molar-refractivity contribution in [3.63, 3.8) is 0 Å². The van der Waals surface area contributed by atoms with E-state index >= 15 is 0 Å². The highest BCUT2D eigenvalue weighted by Gasteiger charge is 2.50. The molecule has 0 radical (unpaired) electrons. The predicted octanol–water partition coefficient (Wildman–Crippen LogP) is 1.96. The Hall–Kier alpha value is -1.20. The first kappa shape index (κ1) is 11.9. The second kappa shape index (κ2) is 4.17. The molecule has 1 aromatic carbocycles. The molecule has 1 aromatic rings. The molecule has 1 heterocycles. The van der Waals surface area contributed by atoms with Gasteiger partial charge in [0.05, 0.1) is 18.8 Å². The third kappa shape index (κ3) is 1.87. The summed E-state index contributed by atoms with van der Waals surface area (Å²) in [6.45, 7) is 0.853. The molecule has 5 heteroatoms. The number of rotatable bonds is 2. The Morgan fingerprint density at radius 3 is 2.89 bits per heavy atom. The van der Waals surface area contributed by atoms with Gasteiger partial charge in [-0.1, -0.05) is 12.2 Å². The van der Waals surface area contributed by atoms with Gasteiger partial charge in [0.2, 0.25) is 0 Å². The molecular weight excluding hydrogens is 251 g/mol. The molecule has 0 amide bonds. The summed E-state index contributed by atoms with van der Waals surface area (Å²) in [4.78, 5) is 0.634. The van der Waals surface area contributed by atoms with Gasteiger partial charge in [0.1, 0.15) is 10.8 Å². The monoisotopic (exact) mass is 266 g/mol. The van der Waals surface area contributed by atoms with Crippen molar-refractivity contribution in [1.29, 1.82) is 0 Å². The summed E-state index contributed by atoms with van der Waals surface area (Å²) in [5.41, 5.74) is 6.38. The molecule has 1 saturated heterocycles. The van der Waals surface area contributed by atoms with Crippen LogP contribution in [0.5, 0.6) is 0 Å². The lowest BCUT2D eigenvalue weighted by Gasteiger charge is -2.40. The summed E-state index contributed by atoms with van der Waals surface area (Å²) >= 11 is 5.19. The highest BCUT2D eigenvalue weighted by Crippen LogP contribution is 2.47. The number of halogens is 1. The van der Waals surface area contributed by atoms with Crippen LogP contribution < -0.4 is 11.1 Å². The summed E-state index contributed by atoms with van der Waals surface area (Å²) in [5.74, 6) is 0.115. The normalized spacial score (nSPS) is 27.9. The van der Waals surface area contributed by atoms with E-state index in [1.807, 2.05) is 0 Å². The van der Waals surface area contributed by atoms with Gasteiger partial charge in [-0.05, 0) is 37.0 Å². The fourth-order valence-electron chi connectivity index (χ4n) is 2.67. The Kier molecular flexibility index (Phi) is 2.75. The standard InChI is InChI=1S/C13H15FN2OS/c14-11-4-3-9(15)5-10(11)13(8-1-2-8)7-17-6-12(18)16-13/h3-5,8H,1-2,6-7,15H2,(H,16,18). The zero-order chi connectivity index (χ0) is 12.8. The Balaban J connectivity index is 2.08. The lowest BCUT2D eigenvalue weighted by molar-refractivity contribution is 0.0640. The van der Waals surface area contributed by atoms with Gasteiger partial charge in [0.25, 0.3) is 0 Å². The molecule has 96 valence electrons. The van der Waals surface area contributed by atoms with E-state index in [2.05, 4.69) is 5.32 Å². The molecule has 0 spiro atoms. The Labute approximate surface area is 111 Å². The van der Waals surface area contributed by atoms with E-state index in [4.69, 9.17) is 22.7 Å². The second-order valence-electron chi connectivity index (χ2n) is 5.03. The number of ether oxygens (including phenoxy) is 1. The number of benzene rings is 1. The van der Waals surface area contributed by atoms with E-state index in [1.54, 1.807) is 12.1 Å². The molecule has 3 rings (SSSR count). The van der Waals surface area contributed by atoms with Crippen LogP contribution >= 0.6 is 12.2 Å². The maximum Gasteiger partial charge on any atom is 0.129 e. The fourth-order valence-corrected chi connectivity index (χ4v) is 2.94. The number of nitrogen functional groups attached to an aromatic ring is 1. The van der Waals surface area contributed by atoms with E-state index < -0.39 is 5.54 Å². The number of hydrogen-bond acceptors (Lipinski definition) is 3. The summed E-state index contributed by atoms with van der Waals surface area (Å²) in [6, 6.07) is 4.67. The number of nitrogens with two attached hydrogens (primary N) is 1. The lowest BCUT2D eigenvalue weighted by Crippen LogP contribution is -2.56. The van der Waals surface area contributed by atoms with Crippen LogP contribution in [0.3, 0.4) is 0 Å². The third-order valence-corrected chi connectivity index (χ3v) is 3.89. The van der Waals surface area contributed by atoms with Crippen molar-refractivity contribution < 1.29 is 9.13 Å². The van der Waals surface area contributed by atoms with Crippen molar-refractivity contribution in [1.82, 2.24) is 5.32 Å². The molecule has 1 saturated carbocycles. The van der Waals surface area contributed by atoms with E-state index in [9.17, 15) is 4.39 Å². The number of morpholine rings is 1. The Bertz CT molecular complexity index is 504. The first-order valence-electron chi connectivity index (χ1n) is 6.06. The molecular formula is C13H15FN2OS. The van der Waals surface area contributed by atoms with Crippen LogP contribution in [0.2, 0.25) is 0 Å². The van der Waals surface area contributed by atoms with Gasteiger partial charge >= 0.3 is 0 Å². The first-order valence-corrected chi connectivity index (χ1v) is 6.47. The number of hydrogen-bond donors (Lipinski definition) is 2. The molecule has 3 nitrogen and oxygen atoms in total. The van der Waals surface area contributed by atoms with Gasteiger partial charge in [-0.25, -0.2) is 4.39 Å². The van der Waals surface area contributed by atoms with Gasteiger partial charge in [0, 0.05) is 11.3 Å². The zero-order valence-electron chi connectivity index (χ0n) is 9.91. The maximum atomic E-state index is 14.1. The molecule has 1 unspecified atom stereocenters. The molecule has 1 aliphatic carbocycles. The largest absolute Gasteiger partial charge is 0.399 e. The SMILES string of the molecule is Nc1ccc(F)c(C2(C3CC3)COCC(=S)N2)c1. The lowest BCUT2D eigenvalue weighted by atomic mass is 9.84. The summed E-state index contributed by atoms with van der Waals surface area (Å²) in [6.07, 6.45) is 2.13. The maximum absolute atomic E-state index is 14.1. The zero-order valence-corrected chi connectivity index (χ0v) is 10.7. The van der Waals surface area contributed by atoms with Gasteiger partial charge < -0.3 is 15.8 Å². The van der Waals surface area contributed by atoms with Crippen molar-refractivity contribution in [2.75, 3.05) is 18.9 Å². The minimum absolute atomic E-state index is 0.253. The van der Waals surface area contributed by atoms with Crippen LogP contribution in [0.1, 0.15) is 18.4 Å². The Morgan fingerprint density at radius 2 is 2.22 bits per heavy atom. The molecule has 18 heavy (non-hydrogen) atoms. The highest BCUT2D eigenvalue weighted by atomic mass is 32.1. The predicted molar refractivity (Wildman–Crippen MR) is 71.8 cm³/mol. The molecule has 0 aromatic heterocycles. The third-order valence-electron chi connectivity index (χ3n) is 3.67. The van der Waals surface area contributed by atoms with Crippen molar-refractivity contribution in [3.05, 3.63) is 29.6 Å². The molecule has 2 fully saturated rings. The summed E-state index contributed by atoms with van der Waals surface area (Å²) < 4.78 is 19.7. The van der Waals surface area contributed by atoms with Gasteiger partial charge in [0.15, 0.2) is 0 Å². The average molecular weight is 266 g/mol. The van der Waals surface area contributed by atoms with Crippen LogP contribution in [0.15, 0.2) is 18.2 Å². The smallest absolute Gasteiger partial charge is 0.129 e. The first-order chi connectivity index (χ1) is 8.62. The van der Waals surface area contributed by atoms with Crippen molar-refractivity contribution in [2.24, 2.45) is 5.92 Å². The quantitative estimate of drug-likeness (QED) is 0.634. The molecule has 2 aliphatic rings. The van der Waals surface area contributed by atoms with Gasteiger partial charge in [-0.15, -0.1) is 0 Å². The molecule has 3 N–H and O–H groups in total. The van der Waals surface area contributed by atoms with Crippen molar-refractivity contribution in [3.8, 4) is 0 Å². The van der Waals surface area contributed by atoms with Crippen LogP contribution in [0, 0.1) is 11.7 Å². The molecule has 0 bridgehead atoms. The minimum Gasteiger partial charge on any atom is -0.399 e. The van der Waals surface area contributed by atoms with Crippen LogP contribution in [-0.2, 0) is 10.3 Å². The summed E-state index contributed by atoms with van der Waals surface area (Å²) in [5, 5.41) is 3.29. The molecule has 1 aliphatic heterocycles. The number of anilines is 1. The van der Waals surface area contributed by atoms with Crippen molar-refractivity contribution >= 4 is 22.9 Å². The minimum atomic E-state index is -0.533. The fraction of sp³-hybridized carbons (Fsp3) is 0.462. The van der Waals surface area contributed by atoms with E-state index in [-0.39, 0.29) is 5.82 Å². The average Bonchev–Trinajstić information content (AvgIpc) is 3.16. The summed E-state index contributed by atoms with van der Waals surface area (Å²) in [7, 11) is 0. The molecule has 1 atom stereocenters. The van der Waals surface area contributed by atoms with Gasteiger partial charge in [-0.3, -0.25) is 0 Å². The van der Waals surface area contributed by atoms with E-state index in [1.165, 1.54) is 6.07 Å². The number of thiocarbonyl (C=S) groups is 1. The topological polar surface area (TPSA) is 47.3 Å². The number of nitrogens with one attached hydrogen (secondary N) is 1. The van der Waals surface area contributed by atoms with Gasteiger partial charge in [-0.2, -0.15) is 0 Å². The van der Waals surface area contributed by atoms with E-state index in [0.717, 1.165) is 12.8 Å². The Morgan fingerprint density at radius 1 is 1.44 bits per heavy atom. The van der Waals surface area contributed by atoms with Crippen molar-refractivity contribution in [2.45, 2.75) is 18.4 Å². The second-order valence-corrected chi connectivity index (χ2v) is 5.52. The highest BCUT2D eigenvalue weighted by molar-refractivity contribution is 7.80. The van der Waals surface area contributed by atoms with Crippen LogP contribution in [0.4, 0.5) is 10.1 Å².